The van der Waals surface area contributed by atoms with Gasteiger partial charge in [-0.05, 0) is 55.3 Å². The number of non-ortho nitro benzene ring substituents is 1. The molecule has 0 aliphatic carbocycles. The van der Waals surface area contributed by atoms with Crippen LogP contribution in [0.5, 0.6) is 0 Å². The number of nitro benzene ring substituents is 1. The molecule has 2 amide bonds. The third kappa shape index (κ3) is 4.74. The van der Waals surface area contributed by atoms with E-state index in [1.54, 1.807) is 24.3 Å². The van der Waals surface area contributed by atoms with Gasteiger partial charge in [0, 0.05) is 54.7 Å². The predicted octanol–water partition coefficient (Wildman–Crippen LogP) is 4.19. The Morgan fingerprint density at radius 2 is 1.44 bits per heavy atom. The maximum atomic E-state index is 13.0. The first-order chi connectivity index (χ1) is 17.3. The van der Waals surface area contributed by atoms with Gasteiger partial charge < -0.3 is 10.0 Å². The Kier molecular flexibility index (Phi) is 6.55. The number of carbonyl (C=O) groups excluding carboxylic acids is 2. The zero-order valence-corrected chi connectivity index (χ0v) is 20.1. The quantitative estimate of drug-likeness (QED) is 0.221. The molecule has 36 heavy (non-hydrogen) atoms. The molecule has 0 spiro atoms. The smallest absolute Gasteiger partial charge is 0.269 e. The number of likely N-dealkylation sites (tertiary alicyclic amines) is 1. The molecule has 2 heterocycles. The molecule has 1 fully saturated rings. The number of carbonyl (C=O) groups is 2. The number of rotatable bonds is 8. The van der Waals surface area contributed by atoms with Gasteiger partial charge in [0.15, 0.2) is 0 Å². The zero-order chi connectivity index (χ0) is 25.3. The first kappa shape index (κ1) is 24.1. The second-order valence-corrected chi connectivity index (χ2v) is 9.84. The van der Waals surface area contributed by atoms with Crippen LogP contribution in [0.4, 0.5) is 5.69 Å². The Balaban J connectivity index is 1.10. The number of nitro groups is 1. The van der Waals surface area contributed by atoms with Crippen LogP contribution >= 0.6 is 0 Å². The highest BCUT2D eigenvalue weighted by Gasteiger charge is 2.34. The van der Waals surface area contributed by atoms with E-state index >= 15 is 0 Å². The van der Waals surface area contributed by atoms with Crippen molar-refractivity contribution in [3.05, 3.63) is 87.5 Å². The van der Waals surface area contributed by atoms with Crippen LogP contribution in [0.15, 0.2) is 60.7 Å². The molecule has 0 radical (unpaired) electrons. The summed E-state index contributed by atoms with van der Waals surface area (Å²) in [6.07, 6.45) is 3.32. The average Bonchev–Trinajstić information content (AvgIpc) is 2.88. The van der Waals surface area contributed by atoms with Crippen molar-refractivity contribution in [2.75, 3.05) is 26.2 Å². The summed E-state index contributed by atoms with van der Waals surface area (Å²) < 4.78 is 0. The first-order valence-corrected chi connectivity index (χ1v) is 12.4. The minimum atomic E-state index is -0.812. The highest BCUT2D eigenvalue weighted by Crippen LogP contribution is 2.30. The van der Waals surface area contributed by atoms with Crippen LogP contribution in [0.2, 0.25) is 0 Å². The van der Waals surface area contributed by atoms with Gasteiger partial charge in [-0.1, -0.05) is 36.4 Å². The summed E-state index contributed by atoms with van der Waals surface area (Å²) in [7, 11) is 0. The van der Waals surface area contributed by atoms with Crippen LogP contribution in [-0.2, 0) is 6.42 Å². The lowest BCUT2D eigenvalue weighted by molar-refractivity contribution is -0.384. The minimum absolute atomic E-state index is 0.0507. The SMILES string of the molecule is O=C1c2cccc3cccc(c23)C(=O)N1CCCCN1CCC(O)(Cc2ccc([N+](=O)[O-])cc2)CC1. The molecular weight excluding hydrogens is 458 g/mol. The van der Waals surface area contributed by atoms with Gasteiger partial charge in [0.05, 0.1) is 10.5 Å². The summed E-state index contributed by atoms with van der Waals surface area (Å²) in [6.45, 7) is 2.76. The Bertz CT molecular complexity index is 1260. The van der Waals surface area contributed by atoms with Crippen molar-refractivity contribution in [2.45, 2.75) is 37.7 Å². The fourth-order valence-corrected chi connectivity index (χ4v) is 5.37. The normalized spacial score (nSPS) is 17.5. The summed E-state index contributed by atoms with van der Waals surface area (Å²) in [5.74, 6) is -0.447. The van der Waals surface area contributed by atoms with E-state index < -0.39 is 10.5 Å². The van der Waals surface area contributed by atoms with Crippen molar-refractivity contribution in [1.82, 2.24) is 9.80 Å². The van der Waals surface area contributed by atoms with E-state index in [0.717, 1.165) is 48.8 Å². The van der Waals surface area contributed by atoms with E-state index in [1.807, 2.05) is 24.3 Å². The first-order valence-electron chi connectivity index (χ1n) is 12.4. The Morgan fingerprint density at radius 3 is 2.03 bits per heavy atom. The van der Waals surface area contributed by atoms with E-state index in [-0.39, 0.29) is 17.5 Å². The molecule has 0 atom stereocenters. The molecule has 186 valence electrons. The van der Waals surface area contributed by atoms with Crippen molar-refractivity contribution in [3.8, 4) is 0 Å². The van der Waals surface area contributed by atoms with Crippen LogP contribution in [0.3, 0.4) is 0 Å². The molecule has 3 aromatic carbocycles. The van der Waals surface area contributed by atoms with Crippen LogP contribution in [0, 0.1) is 10.1 Å². The molecule has 8 nitrogen and oxygen atoms in total. The van der Waals surface area contributed by atoms with Crippen molar-refractivity contribution >= 4 is 28.3 Å². The number of piperidine rings is 1. The second-order valence-electron chi connectivity index (χ2n) is 9.84. The molecular formula is C28H29N3O5. The Labute approximate surface area is 209 Å². The molecule has 5 rings (SSSR count). The highest BCUT2D eigenvalue weighted by molar-refractivity contribution is 6.25. The van der Waals surface area contributed by atoms with Gasteiger partial charge in [-0.25, -0.2) is 0 Å². The van der Waals surface area contributed by atoms with E-state index in [1.165, 1.54) is 17.0 Å². The van der Waals surface area contributed by atoms with Crippen LogP contribution in [-0.4, -0.2) is 63.4 Å². The standard InChI is InChI=1S/C28H29N3O5/c32-26-23-7-3-5-21-6-4-8-24(25(21)23)27(33)30(26)16-2-1-15-29-17-13-28(34,14-18-29)19-20-9-11-22(12-10-20)31(35)36/h3-12,34H,1-2,13-19H2. The van der Waals surface area contributed by atoms with E-state index in [9.17, 15) is 24.8 Å². The summed E-state index contributed by atoms with van der Waals surface area (Å²) in [6, 6.07) is 17.5. The predicted molar refractivity (Wildman–Crippen MR) is 136 cm³/mol. The zero-order valence-electron chi connectivity index (χ0n) is 20.1. The molecule has 0 aromatic heterocycles. The molecule has 2 aliphatic rings. The van der Waals surface area contributed by atoms with Crippen molar-refractivity contribution in [2.24, 2.45) is 0 Å². The fourth-order valence-electron chi connectivity index (χ4n) is 5.37. The van der Waals surface area contributed by atoms with Gasteiger partial charge in [-0.2, -0.15) is 0 Å². The Hall–Kier alpha value is -3.62. The minimum Gasteiger partial charge on any atom is -0.389 e. The summed E-state index contributed by atoms with van der Waals surface area (Å²) >= 11 is 0. The summed E-state index contributed by atoms with van der Waals surface area (Å²) in [4.78, 5) is 40.1. The molecule has 0 saturated carbocycles. The van der Waals surface area contributed by atoms with Gasteiger partial charge in [0.25, 0.3) is 17.5 Å². The lowest BCUT2D eigenvalue weighted by Crippen LogP contribution is -2.46. The largest absolute Gasteiger partial charge is 0.389 e. The lowest BCUT2D eigenvalue weighted by atomic mass is 9.85. The van der Waals surface area contributed by atoms with E-state index in [2.05, 4.69) is 4.90 Å². The maximum absolute atomic E-state index is 13.0. The number of hydrogen-bond donors (Lipinski definition) is 1. The average molecular weight is 488 g/mol. The highest BCUT2D eigenvalue weighted by atomic mass is 16.6. The van der Waals surface area contributed by atoms with Crippen molar-refractivity contribution in [3.63, 3.8) is 0 Å². The van der Waals surface area contributed by atoms with Crippen molar-refractivity contribution in [1.29, 1.82) is 0 Å². The number of nitrogens with zero attached hydrogens (tertiary/aromatic N) is 3. The topological polar surface area (TPSA) is 104 Å². The number of hydrogen-bond acceptors (Lipinski definition) is 6. The second kappa shape index (κ2) is 9.79. The number of amides is 2. The number of benzene rings is 3. The van der Waals surface area contributed by atoms with E-state index in [0.29, 0.717) is 36.9 Å². The molecule has 0 bridgehead atoms. The number of aliphatic hydroxyl groups is 1. The van der Waals surface area contributed by atoms with Gasteiger partial charge >= 0.3 is 0 Å². The molecule has 1 saturated heterocycles. The molecule has 8 heteroatoms. The number of unbranched alkanes of at least 4 members (excludes halogenated alkanes) is 1. The molecule has 0 unspecified atom stereocenters. The van der Waals surface area contributed by atoms with Crippen LogP contribution < -0.4 is 0 Å². The lowest BCUT2D eigenvalue weighted by Gasteiger charge is -2.38. The number of imide groups is 1. The molecule has 3 aromatic rings. The summed E-state index contributed by atoms with van der Waals surface area (Å²) in [5.41, 5.74) is 1.31. The van der Waals surface area contributed by atoms with Gasteiger partial charge in [-0.3, -0.25) is 24.6 Å². The fraction of sp³-hybridized carbons (Fsp3) is 0.357. The Morgan fingerprint density at radius 1 is 0.861 bits per heavy atom. The van der Waals surface area contributed by atoms with Crippen molar-refractivity contribution < 1.29 is 19.6 Å². The third-order valence-corrected chi connectivity index (χ3v) is 7.43. The summed E-state index contributed by atoms with van der Waals surface area (Å²) in [5, 5.41) is 23.5. The van der Waals surface area contributed by atoms with Crippen LogP contribution in [0.25, 0.3) is 10.8 Å². The van der Waals surface area contributed by atoms with E-state index in [4.69, 9.17) is 0 Å². The molecule has 1 N–H and O–H groups in total. The third-order valence-electron chi connectivity index (χ3n) is 7.43. The maximum Gasteiger partial charge on any atom is 0.269 e. The van der Waals surface area contributed by atoms with Gasteiger partial charge in [0.1, 0.15) is 0 Å². The van der Waals surface area contributed by atoms with Gasteiger partial charge in [0.2, 0.25) is 0 Å². The molecule has 2 aliphatic heterocycles. The van der Waals surface area contributed by atoms with Gasteiger partial charge in [-0.15, -0.1) is 0 Å². The monoisotopic (exact) mass is 487 g/mol. The van der Waals surface area contributed by atoms with Crippen LogP contribution in [0.1, 0.15) is 52.0 Å².